The minimum Gasteiger partial charge on any atom is -0.394 e. The van der Waals surface area contributed by atoms with Crippen LogP contribution in [0.1, 0.15) is 13.8 Å². The predicted molar refractivity (Wildman–Crippen MR) is 380 cm³/mol. The van der Waals surface area contributed by atoms with Gasteiger partial charge in [0, 0.05) is 0 Å². The summed E-state index contributed by atoms with van der Waals surface area (Å²) in [5, 5.41) is 375. The molecule has 0 aliphatic carbocycles. The number of aliphatic hydroxyl groups is 34. The Kier molecular flexibility index (Phi) is 36.3. The smallest absolute Gasteiger partial charge is 0.187 e. The Morgan fingerprint density at radius 2 is 0.402 bits per heavy atom. The molecule has 12 saturated heterocycles. The van der Waals surface area contributed by atoms with Crippen molar-refractivity contribution in [2.24, 2.45) is 0 Å². The minimum absolute atomic E-state index is 0.782. The number of hydrogen-bond donors (Lipinski definition) is 34. The van der Waals surface area contributed by atoms with E-state index in [1.165, 1.54) is 13.8 Å². The van der Waals surface area contributed by atoms with Crippen LogP contribution in [0.15, 0.2) is 0 Å². The van der Waals surface area contributed by atoms with Gasteiger partial charge in [0.2, 0.25) is 0 Å². The number of rotatable bonds is 30. The number of ether oxygens (including phenoxy) is 23. The summed E-state index contributed by atoms with van der Waals surface area (Å²) < 4.78 is 133. The summed E-state index contributed by atoms with van der Waals surface area (Å²) in [7, 11) is 0. The molecular formula is C70H118O57. The highest BCUT2D eigenvalue weighted by Gasteiger charge is 2.62. The van der Waals surface area contributed by atoms with Crippen LogP contribution < -0.4 is 0 Å². The summed E-state index contributed by atoms with van der Waals surface area (Å²) in [6, 6.07) is 0. The van der Waals surface area contributed by atoms with Crippen molar-refractivity contribution >= 4 is 0 Å². The predicted octanol–water partition coefficient (Wildman–Crippen LogP) is -23.8. The van der Waals surface area contributed by atoms with Gasteiger partial charge in [-0.3, -0.25) is 0 Å². The van der Waals surface area contributed by atoms with E-state index in [0.717, 1.165) is 0 Å². The van der Waals surface area contributed by atoms with Gasteiger partial charge in [-0.2, -0.15) is 0 Å². The number of aliphatic hydroxyl groups excluding tert-OH is 34. The van der Waals surface area contributed by atoms with Gasteiger partial charge in [-0.15, -0.1) is 0 Å². The van der Waals surface area contributed by atoms with Gasteiger partial charge in [-0.25, -0.2) is 0 Å². The Balaban J connectivity index is 0.751. The zero-order valence-electron chi connectivity index (χ0n) is 67.2. The fourth-order valence-electron chi connectivity index (χ4n) is 16.5. The lowest BCUT2D eigenvalue weighted by Crippen LogP contribution is -2.68. The molecule has 0 saturated carbocycles. The van der Waals surface area contributed by atoms with Crippen LogP contribution in [0.25, 0.3) is 0 Å². The van der Waals surface area contributed by atoms with Crippen molar-refractivity contribution in [1.29, 1.82) is 0 Å². The molecular weight excluding hydrogens is 1750 g/mol. The maximum absolute atomic E-state index is 12.1. The first-order valence-electron chi connectivity index (χ1n) is 40.8. The van der Waals surface area contributed by atoms with E-state index in [-0.39, 0.29) is 0 Å². The monoisotopic (exact) mass is 1870 g/mol. The van der Waals surface area contributed by atoms with Gasteiger partial charge in [0.1, 0.15) is 269 Å². The van der Waals surface area contributed by atoms with Gasteiger partial charge in [-0.1, -0.05) is 0 Å². The van der Waals surface area contributed by atoms with E-state index in [0.29, 0.717) is 0 Å². The molecule has 12 rings (SSSR count). The third-order valence-electron chi connectivity index (χ3n) is 24.2. The van der Waals surface area contributed by atoms with E-state index < -0.39 is 422 Å². The second kappa shape index (κ2) is 44.5. The molecule has 34 N–H and O–H groups in total. The largest absolute Gasteiger partial charge is 0.394 e. The van der Waals surface area contributed by atoms with Crippen molar-refractivity contribution in [2.75, 3.05) is 66.1 Å². The molecule has 12 aliphatic heterocycles. The first-order valence-corrected chi connectivity index (χ1v) is 40.8. The van der Waals surface area contributed by atoms with Crippen LogP contribution in [-0.2, 0) is 109 Å². The Morgan fingerprint density at radius 3 is 0.717 bits per heavy atom. The highest BCUT2D eigenvalue weighted by atomic mass is 16.8. The van der Waals surface area contributed by atoms with E-state index in [9.17, 15) is 174 Å². The van der Waals surface area contributed by atoms with Crippen molar-refractivity contribution < 1.29 is 283 Å². The standard InChI is InChI=1S/C70H118O57/c1-13-25(79)32(86)43(97)60(109-13)124-57-35(89)30(84)18(4-72)113-69(57)126-55-27(81)15(77)9-105-67(55)107-11-23-53(122-62-45(99)34(88)29(83)17(3-71)112-62)40(94)49(103)66(118-23)121-52-22(8-76)115-63(46(100)38(52)92)120-51-21(7-75)116-64(47(101)39(51)93)123-54-24(117-65(48(102)41(54)95)119-50-20(6-74)111-59(104)42(96)37(50)91)12-108-68-56(28(82)16(78)10-106-68)127-70-58(36(90)31(85)19(5-73)114-70)125-61-44(98)33(87)26(80)14(2)110-61/h13-104H,3-12H2,1-2H3/t13-,14-,15+,16+,17+,18+,19+,20+,21+,22+,23+,24+,25+,26+,27-,28-,29+,30-,31-,32+,33+,34-,35-,36-,37+,38+,39+,40+,41+,42+,43-,44-,45+,46+,47+,48+,49+,50+,51+,52+,53+,54+,55+,56+,57+,58+,59?,60-,61-,62-,63-,64-,65-,66-,67+,68+,69-,70-/m0/s1. The van der Waals surface area contributed by atoms with E-state index in [1.54, 1.807) is 0 Å². The van der Waals surface area contributed by atoms with E-state index in [4.69, 9.17) is 109 Å². The van der Waals surface area contributed by atoms with Gasteiger partial charge in [0.15, 0.2) is 75.5 Å². The van der Waals surface area contributed by atoms with Gasteiger partial charge in [0.05, 0.1) is 78.3 Å². The highest BCUT2D eigenvalue weighted by molar-refractivity contribution is 5.04. The van der Waals surface area contributed by atoms with Crippen LogP contribution in [0.5, 0.6) is 0 Å². The Hall–Kier alpha value is -2.28. The molecule has 740 valence electrons. The van der Waals surface area contributed by atoms with Crippen LogP contribution in [-0.4, -0.2) is 596 Å². The average molecular weight is 1870 g/mol. The molecule has 58 atom stereocenters. The highest BCUT2D eigenvalue weighted by Crippen LogP contribution is 2.42. The van der Waals surface area contributed by atoms with E-state index in [1.807, 2.05) is 0 Å². The van der Waals surface area contributed by atoms with Gasteiger partial charge >= 0.3 is 0 Å². The van der Waals surface area contributed by atoms with Crippen LogP contribution in [0.4, 0.5) is 0 Å². The first-order chi connectivity index (χ1) is 60.1. The summed E-state index contributed by atoms with van der Waals surface area (Å²) in [4.78, 5) is 0. The molecule has 0 aromatic heterocycles. The maximum atomic E-state index is 12.1. The van der Waals surface area contributed by atoms with Crippen molar-refractivity contribution in [1.82, 2.24) is 0 Å². The summed E-state index contributed by atoms with van der Waals surface area (Å²) in [6.45, 7) is -7.88. The second-order valence-electron chi connectivity index (χ2n) is 32.8. The number of hydrogen-bond acceptors (Lipinski definition) is 57. The molecule has 57 heteroatoms. The average Bonchev–Trinajstić information content (AvgIpc) is 0.748. The lowest BCUT2D eigenvalue weighted by molar-refractivity contribution is -0.401. The molecule has 12 fully saturated rings. The fraction of sp³-hybridized carbons (Fsp3) is 1.00. The molecule has 1 unspecified atom stereocenters. The third kappa shape index (κ3) is 21.8. The summed E-state index contributed by atoms with van der Waals surface area (Å²) in [6.07, 6.45) is -120. The van der Waals surface area contributed by atoms with E-state index >= 15 is 0 Å². The molecule has 0 radical (unpaired) electrons. The van der Waals surface area contributed by atoms with Crippen molar-refractivity contribution in [2.45, 2.75) is 370 Å². The molecule has 0 aromatic carbocycles. The maximum Gasteiger partial charge on any atom is 0.187 e. The van der Waals surface area contributed by atoms with Crippen molar-refractivity contribution in [3.63, 3.8) is 0 Å². The van der Waals surface area contributed by atoms with Crippen molar-refractivity contribution in [3.05, 3.63) is 0 Å². The second-order valence-corrected chi connectivity index (χ2v) is 32.8. The zero-order chi connectivity index (χ0) is 92.8. The molecule has 12 heterocycles. The normalized spacial score (nSPS) is 54.6. The molecule has 0 bridgehead atoms. The topological polar surface area (TPSA) is 900 Å². The van der Waals surface area contributed by atoms with Crippen LogP contribution in [0.3, 0.4) is 0 Å². The lowest BCUT2D eigenvalue weighted by Gasteiger charge is -2.50. The summed E-state index contributed by atoms with van der Waals surface area (Å²) >= 11 is 0. The zero-order valence-corrected chi connectivity index (χ0v) is 67.2. The Bertz CT molecular complexity index is 3300. The Morgan fingerprint density at radius 1 is 0.189 bits per heavy atom. The molecule has 0 aromatic rings. The SMILES string of the molecule is C[C@@H]1O[C@@H](O[C@H]2[C@H](O[C@H]3[C@@H](OC[C@H]4O[C@@H](O[C@H]5[C@H](O)[C@@H](O)[C@H](O[C@H]6[C@H](O)[C@@H](O)[C@H](O[C@H]7[C@H](O)[C@@H](O)[C@H](O[C@H]8[C@H](O)[C@@H](O)C(O)O[C@@H]8CO)O[C@@H]7CO[C@H]7OC[C@@H](O)[C@H](O)[C@H]7O[C@@H]7O[C@H](CO)[C@H](O)[C@H](O)[C@H]7O[C@@H]7O[C@@H](C)[C@@H](O)[C@@H](O)[C@@H]7O)O[C@@H]6CO)O[C@@H]5CO)[C@H](O)[C@@H](O)[C@@H]4O[C@@H]4O[C@H](CO)[C@@H](O)[C@H](O)[C@H]4O)OC[C@@H](O)[C@@H]3O)O[C@H](CO)[C@H](O)[C@@H]2O)[C@@H](O)[C@H](O)[C@@H]1O. The third-order valence-corrected chi connectivity index (χ3v) is 24.2. The first kappa shape index (κ1) is 104. The van der Waals surface area contributed by atoms with Gasteiger partial charge in [0.25, 0.3) is 0 Å². The van der Waals surface area contributed by atoms with Gasteiger partial charge < -0.3 is 283 Å². The lowest BCUT2D eigenvalue weighted by atomic mass is 9.95. The molecule has 0 amide bonds. The summed E-state index contributed by atoms with van der Waals surface area (Å²) in [5.74, 6) is 0. The molecule has 57 nitrogen and oxygen atoms in total. The molecule has 12 aliphatic rings. The molecule has 0 spiro atoms. The quantitative estimate of drug-likeness (QED) is 0.0318. The molecule has 127 heavy (non-hydrogen) atoms. The van der Waals surface area contributed by atoms with Crippen LogP contribution in [0, 0.1) is 0 Å². The van der Waals surface area contributed by atoms with E-state index in [2.05, 4.69) is 0 Å². The fourth-order valence-corrected chi connectivity index (χ4v) is 16.5. The van der Waals surface area contributed by atoms with Crippen LogP contribution >= 0.6 is 0 Å². The van der Waals surface area contributed by atoms with Gasteiger partial charge in [-0.05, 0) is 13.8 Å². The Labute approximate surface area is 716 Å². The van der Waals surface area contributed by atoms with Crippen LogP contribution in [0.2, 0.25) is 0 Å². The minimum atomic E-state index is -2.50. The summed E-state index contributed by atoms with van der Waals surface area (Å²) in [5.41, 5.74) is 0. The van der Waals surface area contributed by atoms with Crippen molar-refractivity contribution in [3.8, 4) is 0 Å².